The van der Waals surface area contributed by atoms with Crippen molar-refractivity contribution in [3.8, 4) is 11.5 Å². The van der Waals surface area contributed by atoms with Crippen LogP contribution < -0.4 is 15.0 Å². The van der Waals surface area contributed by atoms with E-state index < -0.39 is 0 Å². The van der Waals surface area contributed by atoms with Crippen LogP contribution >= 0.6 is 0 Å². The normalized spacial score (nSPS) is 15.0. The molecule has 0 spiro atoms. The number of aromatic hydroxyl groups is 1. The largest absolute Gasteiger partial charge is 0.506 e. The van der Waals surface area contributed by atoms with Crippen molar-refractivity contribution in [3.05, 3.63) is 53.8 Å². The van der Waals surface area contributed by atoms with Gasteiger partial charge in [-0.15, -0.1) is 0 Å². The summed E-state index contributed by atoms with van der Waals surface area (Å²) in [5.74, 6) is 0.949. The first-order valence-electron chi connectivity index (χ1n) is 8.93. The fraction of sp³-hybridized carbons (Fsp3) is 0.350. The van der Waals surface area contributed by atoms with Gasteiger partial charge in [0.2, 0.25) is 0 Å². The Balaban J connectivity index is 1.56. The van der Waals surface area contributed by atoms with Crippen molar-refractivity contribution < 1.29 is 14.2 Å². The lowest BCUT2D eigenvalue weighted by atomic mass is 10.2. The van der Waals surface area contributed by atoms with E-state index in [1.807, 2.05) is 24.3 Å². The van der Waals surface area contributed by atoms with Gasteiger partial charge in [0, 0.05) is 39.8 Å². The molecular weight excluding hydrogens is 347 g/mol. The summed E-state index contributed by atoms with van der Waals surface area (Å²) < 4.78 is 18.8. The number of aliphatic imine (C=N–C) groups is 1. The standard InChI is InChI=1S/C20H25FN4O2/c1-22-20(23-14-15-7-8-19(27-2)16(21)13-15)25-11-9-24(10-12-25)17-5-3-4-6-18(17)26/h3-8,13,26H,9-12,14H2,1-2H3,(H,22,23). The number of ether oxygens (including phenoxy) is 1. The van der Waals surface area contributed by atoms with Gasteiger partial charge in [0.15, 0.2) is 17.5 Å². The molecule has 0 aromatic heterocycles. The van der Waals surface area contributed by atoms with Crippen LogP contribution in [0, 0.1) is 5.82 Å². The predicted octanol–water partition coefficient (Wildman–Crippen LogP) is 2.44. The Morgan fingerprint density at radius 1 is 1.19 bits per heavy atom. The van der Waals surface area contributed by atoms with Crippen LogP contribution in [-0.4, -0.2) is 56.3 Å². The zero-order valence-corrected chi connectivity index (χ0v) is 15.7. The van der Waals surface area contributed by atoms with E-state index in [1.165, 1.54) is 13.2 Å². The molecular formula is C20H25FN4O2. The van der Waals surface area contributed by atoms with Gasteiger partial charge >= 0.3 is 0 Å². The number of benzene rings is 2. The zero-order chi connectivity index (χ0) is 19.2. The highest BCUT2D eigenvalue weighted by atomic mass is 19.1. The maximum Gasteiger partial charge on any atom is 0.194 e. The van der Waals surface area contributed by atoms with Crippen molar-refractivity contribution in [2.75, 3.05) is 45.2 Å². The molecule has 0 unspecified atom stereocenters. The van der Waals surface area contributed by atoms with Crippen LogP contribution in [0.25, 0.3) is 0 Å². The number of rotatable bonds is 4. The van der Waals surface area contributed by atoms with Crippen molar-refractivity contribution in [2.24, 2.45) is 4.99 Å². The van der Waals surface area contributed by atoms with Gasteiger partial charge in [-0.05, 0) is 29.8 Å². The third kappa shape index (κ3) is 4.42. The van der Waals surface area contributed by atoms with E-state index in [4.69, 9.17) is 4.74 Å². The van der Waals surface area contributed by atoms with E-state index in [1.54, 1.807) is 19.2 Å². The van der Waals surface area contributed by atoms with E-state index in [9.17, 15) is 9.50 Å². The number of para-hydroxylation sites is 2. The molecule has 0 atom stereocenters. The van der Waals surface area contributed by atoms with Gasteiger partial charge in [-0.25, -0.2) is 4.39 Å². The molecule has 2 aromatic rings. The number of piperazine rings is 1. The summed E-state index contributed by atoms with van der Waals surface area (Å²) >= 11 is 0. The fourth-order valence-corrected chi connectivity index (χ4v) is 3.22. The molecule has 0 aliphatic carbocycles. The van der Waals surface area contributed by atoms with Gasteiger partial charge in [0.1, 0.15) is 5.75 Å². The summed E-state index contributed by atoms with van der Waals surface area (Å²) in [7, 11) is 3.19. The Morgan fingerprint density at radius 2 is 1.93 bits per heavy atom. The van der Waals surface area contributed by atoms with Crippen LogP contribution in [0.5, 0.6) is 11.5 Å². The molecule has 144 valence electrons. The number of phenols is 1. The van der Waals surface area contributed by atoms with Crippen LogP contribution in [-0.2, 0) is 6.54 Å². The summed E-state index contributed by atoms with van der Waals surface area (Å²) in [6.07, 6.45) is 0. The number of methoxy groups -OCH3 is 1. The van der Waals surface area contributed by atoms with Gasteiger partial charge in [0.05, 0.1) is 12.8 Å². The van der Waals surface area contributed by atoms with Crippen LogP contribution in [0.4, 0.5) is 10.1 Å². The summed E-state index contributed by atoms with van der Waals surface area (Å²) in [5, 5.41) is 13.3. The molecule has 1 heterocycles. The van der Waals surface area contributed by atoms with Gasteiger partial charge in [-0.2, -0.15) is 0 Å². The lowest BCUT2D eigenvalue weighted by Crippen LogP contribution is -2.52. The van der Waals surface area contributed by atoms with Crippen LogP contribution in [0.15, 0.2) is 47.5 Å². The van der Waals surface area contributed by atoms with Crippen molar-refractivity contribution in [1.82, 2.24) is 10.2 Å². The Labute approximate surface area is 158 Å². The molecule has 6 nitrogen and oxygen atoms in total. The average molecular weight is 372 g/mol. The van der Waals surface area contributed by atoms with E-state index in [0.717, 1.165) is 43.4 Å². The third-order valence-corrected chi connectivity index (χ3v) is 4.68. The first kappa shape index (κ1) is 18.8. The number of anilines is 1. The monoisotopic (exact) mass is 372 g/mol. The molecule has 0 radical (unpaired) electrons. The molecule has 2 N–H and O–H groups in total. The number of phenolic OH excluding ortho intramolecular Hbond substituents is 1. The highest BCUT2D eigenvalue weighted by Gasteiger charge is 2.21. The summed E-state index contributed by atoms with van der Waals surface area (Å²) in [5.41, 5.74) is 1.68. The van der Waals surface area contributed by atoms with Crippen LogP contribution in [0.1, 0.15) is 5.56 Å². The summed E-state index contributed by atoms with van der Waals surface area (Å²) in [6.45, 7) is 3.62. The molecule has 0 amide bonds. The number of hydrogen-bond acceptors (Lipinski definition) is 4. The lowest BCUT2D eigenvalue weighted by Gasteiger charge is -2.37. The van der Waals surface area contributed by atoms with Gasteiger partial charge in [0.25, 0.3) is 0 Å². The second kappa shape index (κ2) is 8.62. The predicted molar refractivity (Wildman–Crippen MR) is 105 cm³/mol. The molecule has 1 aliphatic rings. The number of halogens is 1. The quantitative estimate of drug-likeness (QED) is 0.638. The van der Waals surface area contributed by atoms with Crippen molar-refractivity contribution in [1.29, 1.82) is 0 Å². The van der Waals surface area contributed by atoms with E-state index in [2.05, 4.69) is 20.1 Å². The highest BCUT2D eigenvalue weighted by Crippen LogP contribution is 2.27. The van der Waals surface area contributed by atoms with Crippen LogP contribution in [0.2, 0.25) is 0 Å². The molecule has 1 saturated heterocycles. The Morgan fingerprint density at radius 3 is 2.56 bits per heavy atom. The Kier molecular flexibility index (Phi) is 6.01. The molecule has 1 fully saturated rings. The van der Waals surface area contributed by atoms with E-state index >= 15 is 0 Å². The van der Waals surface area contributed by atoms with Gasteiger partial charge < -0.3 is 25.0 Å². The minimum atomic E-state index is -0.372. The average Bonchev–Trinajstić information content (AvgIpc) is 2.69. The maximum atomic E-state index is 13.8. The Hall–Kier alpha value is -2.96. The highest BCUT2D eigenvalue weighted by molar-refractivity contribution is 5.80. The maximum absolute atomic E-state index is 13.8. The second-order valence-electron chi connectivity index (χ2n) is 6.33. The number of hydrogen-bond donors (Lipinski definition) is 2. The summed E-state index contributed by atoms with van der Waals surface area (Å²) in [4.78, 5) is 8.67. The van der Waals surface area contributed by atoms with Crippen molar-refractivity contribution in [3.63, 3.8) is 0 Å². The number of nitrogens with zero attached hydrogens (tertiary/aromatic N) is 3. The molecule has 0 saturated carbocycles. The third-order valence-electron chi connectivity index (χ3n) is 4.68. The smallest absolute Gasteiger partial charge is 0.194 e. The number of nitrogens with one attached hydrogen (secondary N) is 1. The minimum absolute atomic E-state index is 0.239. The second-order valence-corrected chi connectivity index (χ2v) is 6.33. The Bertz CT molecular complexity index is 804. The number of guanidine groups is 1. The molecule has 3 rings (SSSR count). The minimum Gasteiger partial charge on any atom is -0.506 e. The van der Waals surface area contributed by atoms with E-state index in [-0.39, 0.29) is 11.6 Å². The van der Waals surface area contributed by atoms with Crippen LogP contribution in [0.3, 0.4) is 0 Å². The summed E-state index contributed by atoms with van der Waals surface area (Å²) in [6, 6.07) is 12.3. The fourth-order valence-electron chi connectivity index (χ4n) is 3.22. The molecule has 7 heteroatoms. The van der Waals surface area contributed by atoms with Crippen molar-refractivity contribution >= 4 is 11.6 Å². The van der Waals surface area contributed by atoms with Crippen molar-refractivity contribution in [2.45, 2.75) is 6.54 Å². The molecule has 27 heavy (non-hydrogen) atoms. The zero-order valence-electron chi connectivity index (χ0n) is 15.7. The first-order chi connectivity index (χ1) is 13.1. The molecule has 1 aliphatic heterocycles. The SMILES string of the molecule is CN=C(NCc1ccc(OC)c(F)c1)N1CCN(c2ccccc2O)CC1. The van der Waals surface area contributed by atoms with E-state index in [0.29, 0.717) is 12.3 Å². The molecule has 0 bridgehead atoms. The first-order valence-corrected chi connectivity index (χ1v) is 8.93. The lowest BCUT2D eigenvalue weighted by molar-refractivity contribution is 0.369. The molecule has 2 aromatic carbocycles. The van der Waals surface area contributed by atoms with Gasteiger partial charge in [-0.3, -0.25) is 4.99 Å². The topological polar surface area (TPSA) is 60.3 Å². The van der Waals surface area contributed by atoms with Gasteiger partial charge in [-0.1, -0.05) is 18.2 Å².